The molecule has 0 bridgehead atoms. The van der Waals surface area contributed by atoms with Crippen LogP contribution in [0.2, 0.25) is 0 Å². The Morgan fingerprint density at radius 3 is 1.56 bits per heavy atom. The summed E-state index contributed by atoms with van der Waals surface area (Å²) in [4.78, 5) is 2.50. The molecule has 0 atom stereocenters. The average molecular weight is 689 g/mol. The Labute approximate surface area is 315 Å². The normalized spacial score (nSPS) is 11.3. The summed E-state index contributed by atoms with van der Waals surface area (Å²) < 4.78 is 2.40. The first-order valence-corrected chi connectivity index (χ1v) is 18.5. The van der Waals surface area contributed by atoms with E-state index in [0.29, 0.717) is 0 Å². The second-order valence-electron chi connectivity index (χ2n) is 13.7. The summed E-state index contributed by atoms with van der Waals surface area (Å²) in [5, 5.41) is 4.83. The zero-order valence-electron chi connectivity index (χ0n) is 29.7. The average Bonchev–Trinajstić information content (AvgIpc) is 3.60. The van der Waals surface area contributed by atoms with Crippen molar-refractivity contribution < 1.29 is 0 Å². The van der Waals surface area contributed by atoms with E-state index >= 15 is 0 Å². The van der Waals surface area contributed by atoms with Gasteiger partial charge in [-0.25, -0.2) is 0 Å². The first kappa shape index (κ1) is 31.6. The molecule has 10 rings (SSSR count). The molecule has 10 aromatic rings. The zero-order valence-corrected chi connectivity index (χ0v) is 29.7. The van der Waals surface area contributed by atoms with Gasteiger partial charge < -0.3 is 9.47 Å². The largest absolute Gasteiger partial charge is 0.309 e. The van der Waals surface area contributed by atoms with Crippen molar-refractivity contribution in [2.45, 2.75) is 0 Å². The number of anilines is 3. The number of fused-ring (bicyclic) bond motifs is 4. The van der Waals surface area contributed by atoms with Gasteiger partial charge in [-0.05, 0) is 75.7 Å². The van der Waals surface area contributed by atoms with Crippen LogP contribution in [0.15, 0.2) is 218 Å². The van der Waals surface area contributed by atoms with Gasteiger partial charge in [-0.15, -0.1) is 0 Å². The van der Waals surface area contributed by atoms with Crippen LogP contribution in [-0.2, 0) is 0 Å². The van der Waals surface area contributed by atoms with Gasteiger partial charge in [0.15, 0.2) is 0 Å². The van der Waals surface area contributed by atoms with E-state index in [2.05, 4.69) is 228 Å². The highest BCUT2D eigenvalue weighted by atomic mass is 15.2. The quantitative estimate of drug-likeness (QED) is 0.162. The third kappa shape index (κ3) is 5.36. The van der Waals surface area contributed by atoms with Crippen molar-refractivity contribution in [1.29, 1.82) is 0 Å². The Morgan fingerprint density at radius 2 is 0.796 bits per heavy atom. The number of rotatable bonds is 7. The minimum Gasteiger partial charge on any atom is -0.309 e. The molecule has 0 unspecified atom stereocenters. The Kier molecular flexibility index (Phi) is 7.85. The number of aromatic nitrogens is 1. The Bertz CT molecular complexity index is 2910. The third-order valence-electron chi connectivity index (χ3n) is 10.6. The second-order valence-corrected chi connectivity index (χ2v) is 13.7. The zero-order chi connectivity index (χ0) is 35.8. The van der Waals surface area contributed by atoms with Crippen LogP contribution in [0.25, 0.3) is 71.6 Å². The predicted molar refractivity (Wildman–Crippen MR) is 229 cm³/mol. The molecule has 0 aliphatic carbocycles. The molecule has 254 valence electrons. The van der Waals surface area contributed by atoms with E-state index in [4.69, 9.17) is 0 Å². The number of para-hydroxylation sites is 3. The first-order chi connectivity index (χ1) is 26.8. The Balaban J connectivity index is 1.25. The Morgan fingerprint density at radius 1 is 0.278 bits per heavy atom. The lowest BCUT2D eigenvalue weighted by Crippen LogP contribution is -2.12. The number of benzene rings is 9. The SMILES string of the molecule is c1ccc(-c2ccc(-c3ccc(N(c4ccccc4-c4ccccc4)c4cccc5c4c4ccccc4n5-c4ccccc4)c4ccccc34)cc2)cc1. The third-order valence-corrected chi connectivity index (χ3v) is 10.6. The minimum absolute atomic E-state index is 1.12. The summed E-state index contributed by atoms with van der Waals surface area (Å²) in [5.74, 6) is 0. The Hall–Kier alpha value is -7.16. The fourth-order valence-electron chi connectivity index (χ4n) is 8.16. The van der Waals surface area contributed by atoms with Crippen LogP contribution >= 0.6 is 0 Å². The van der Waals surface area contributed by atoms with Crippen molar-refractivity contribution in [1.82, 2.24) is 4.57 Å². The highest BCUT2D eigenvalue weighted by molar-refractivity contribution is 6.18. The van der Waals surface area contributed by atoms with E-state index in [1.54, 1.807) is 0 Å². The minimum atomic E-state index is 1.12. The maximum absolute atomic E-state index is 2.50. The monoisotopic (exact) mass is 688 g/mol. The van der Waals surface area contributed by atoms with Crippen LogP contribution in [0.3, 0.4) is 0 Å². The summed E-state index contributed by atoms with van der Waals surface area (Å²) in [7, 11) is 0. The van der Waals surface area contributed by atoms with Crippen molar-refractivity contribution >= 4 is 49.6 Å². The van der Waals surface area contributed by atoms with Gasteiger partial charge in [-0.3, -0.25) is 0 Å². The fourth-order valence-corrected chi connectivity index (χ4v) is 8.16. The molecule has 9 aromatic carbocycles. The van der Waals surface area contributed by atoms with Gasteiger partial charge in [0.25, 0.3) is 0 Å². The first-order valence-electron chi connectivity index (χ1n) is 18.5. The number of nitrogens with zero attached hydrogens (tertiary/aromatic N) is 2. The van der Waals surface area contributed by atoms with E-state index < -0.39 is 0 Å². The lowest BCUT2D eigenvalue weighted by molar-refractivity contribution is 1.18. The van der Waals surface area contributed by atoms with Crippen LogP contribution in [0.1, 0.15) is 0 Å². The maximum atomic E-state index is 2.50. The van der Waals surface area contributed by atoms with Gasteiger partial charge >= 0.3 is 0 Å². The van der Waals surface area contributed by atoms with Gasteiger partial charge in [0, 0.05) is 27.4 Å². The molecule has 0 amide bonds. The van der Waals surface area contributed by atoms with Gasteiger partial charge in [0.1, 0.15) is 0 Å². The topological polar surface area (TPSA) is 8.17 Å². The molecule has 2 heteroatoms. The van der Waals surface area contributed by atoms with Crippen molar-refractivity contribution in [2.75, 3.05) is 4.90 Å². The highest BCUT2D eigenvalue weighted by Crippen LogP contribution is 2.49. The molecular formula is C52H36N2. The lowest BCUT2D eigenvalue weighted by Gasteiger charge is -2.30. The standard InChI is InChI=1S/C52H36N2/c1-4-17-37(18-5-1)38-31-33-40(34-32-38)42-35-36-49(45-25-11-10-24-44(42)45)54(47-27-14-12-23-43(47)39-19-6-2-7-20-39)51-30-16-29-50-52(51)46-26-13-15-28-48(46)53(50)41-21-8-3-9-22-41/h1-36H. The molecule has 0 aliphatic heterocycles. The van der Waals surface area contributed by atoms with E-state index in [0.717, 1.165) is 22.7 Å². The molecule has 0 spiro atoms. The van der Waals surface area contributed by atoms with Crippen LogP contribution in [0.5, 0.6) is 0 Å². The number of hydrogen-bond donors (Lipinski definition) is 0. The summed E-state index contributed by atoms with van der Waals surface area (Å²) >= 11 is 0. The fraction of sp³-hybridized carbons (Fsp3) is 0. The molecule has 0 saturated carbocycles. The van der Waals surface area contributed by atoms with E-state index in [1.807, 2.05) is 0 Å². The summed E-state index contributed by atoms with van der Waals surface area (Å²) in [6, 6.07) is 78.9. The van der Waals surface area contributed by atoms with Gasteiger partial charge in [-0.1, -0.05) is 176 Å². The van der Waals surface area contributed by atoms with Gasteiger partial charge in [-0.2, -0.15) is 0 Å². The van der Waals surface area contributed by atoms with Crippen LogP contribution < -0.4 is 4.90 Å². The molecule has 0 saturated heterocycles. The molecule has 1 aromatic heterocycles. The van der Waals surface area contributed by atoms with Crippen molar-refractivity contribution in [3.63, 3.8) is 0 Å². The van der Waals surface area contributed by atoms with E-state index in [1.165, 1.54) is 66.0 Å². The summed E-state index contributed by atoms with van der Waals surface area (Å²) in [6.45, 7) is 0. The van der Waals surface area contributed by atoms with E-state index in [9.17, 15) is 0 Å². The van der Waals surface area contributed by atoms with Crippen LogP contribution in [-0.4, -0.2) is 4.57 Å². The van der Waals surface area contributed by atoms with Gasteiger partial charge in [0.2, 0.25) is 0 Å². The molecule has 2 nitrogen and oxygen atoms in total. The molecule has 0 N–H and O–H groups in total. The molecule has 0 fully saturated rings. The highest BCUT2D eigenvalue weighted by Gasteiger charge is 2.24. The van der Waals surface area contributed by atoms with Crippen molar-refractivity contribution in [3.05, 3.63) is 218 Å². The maximum Gasteiger partial charge on any atom is 0.0562 e. The van der Waals surface area contributed by atoms with E-state index in [-0.39, 0.29) is 0 Å². The van der Waals surface area contributed by atoms with Crippen LogP contribution in [0, 0.1) is 0 Å². The lowest BCUT2D eigenvalue weighted by atomic mass is 9.94. The molecule has 1 heterocycles. The summed E-state index contributed by atoms with van der Waals surface area (Å²) in [5.41, 5.74) is 14.1. The molecular weight excluding hydrogens is 653 g/mol. The molecule has 54 heavy (non-hydrogen) atoms. The van der Waals surface area contributed by atoms with Gasteiger partial charge in [0.05, 0.1) is 28.1 Å². The van der Waals surface area contributed by atoms with Crippen molar-refractivity contribution in [3.8, 4) is 39.1 Å². The van der Waals surface area contributed by atoms with Crippen LogP contribution in [0.4, 0.5) is 17.1 Å². The smallest absolute Gasteiger partial charge is 0.0562 e. The molecule has 0 radical (unpaired) electrons. The predicted octanol–water partition coefficient (Wildman–Crippen LogP) is 14.4. The second kappa shape index (κ2) is 13.4. The number of hydrogen-bond acceptors (Lipinski definition) is 1. The van der Waals surface area contributed by atoms with Crippen molar-refractivity contribution in [2.24, 2.45) is 0 Å². The summed E-state index contributed by atoms with van der Waals surface area (Å²) in [6.07, 6.45) is 0. The molecule has 0 aliphatic rings.